The standard InChI is InChI=1S/C14H27NO2/c1-4-17-14(16)6-5-9-15-13-8-7-11(2)12(3)10-13/h11-13,15H,4-10H2,1-3H3. The fourth-order valence-corrected chi connectivity index (χ4v) is 2.51. The van der Waals surface area contributed by atoms with E-state index in [9.17, 15) is 4.79 Å². The summed E-state index contributed by atoms with van der Waals surface area (Å²) in [5, 5.41) is 3.56. The van der Waals surface area contributed by atoms with Gasteiger partial charge in [-0.25, -0.2) is 0 Å². The molecule has 1 aliphatic rings. The van der Waals surface area contributed by atoms with Gasteiger partial charge in [0, 0.05) is 12.5 Å². The molecular weight excluding hydrogens is 214 g/mol. The number of esters is 1. The van der Waals surface area contributed by atoms with Gasteiger partial charge in [0.1, 0.15) is 0 Å². The first-order chi connectivity index (χ1) is 8.13. The van der Waals surface area contributed by atoms with Crippen LogP contribution in [0, 0.1) is 11.8 Å². The van der Waals surface area contributed by atoms with Crippen molar-refractivity contribution in [3.63, 3.8) is 0 Å². The van der Waals surface area contributed by atoms with Crippen LogP contribution in [0.15, 0.2) is 0 Å². The van der Waals surface area contributed by atoms with Gasteiger partial charge >= 0.3 is 5.97 Å². The minimum atomic E-state index is -0.0695. The highest BCUT2D eigenvalue weighted by Crippen LogP contribution is 2.29. The summed E-state index contributed by atoms with van der Waals surface area (Å²) in [4.78, 5) is 11.1. The Morgan fingerprint density at radius 3 is 2.71 bits per heavy atom. The smallest absolute Gasteiger partial charge is 0.305 e. The van der Waals surface area contributed by atoms with Crippen LogP contribution in [0.25, 0.3) is 0 Å². The third kappa shape index (κ3) is 5.53. The minimum absolute atomic E-state index is 0.0695. The van der Waals surface area contributed by atoms with Gasteiger partial charge < -0.3 is 10.1 Å². The maximum absolute atomic E-state index is 11.1. The van der Waals surface area contributed by atoms with E-state index in [2.05, 4.69) is 19.2 Å². The van der Waals surface area contributed by atoms with Crippen LogP contribution in [0.3, 0.4) is 0 Å². The van der Waals surface area contributed by atoms with E-state index in [1.807, 2.05) is 6.92 Å². The van der Waals surface area contributed by atoms with Crippen molar-refractivity contribution >= 4 is 5.97 Å². The molecule has 17 heavy (non-hydrogen) atoms. The third-order valence-corrected chi connectivity index (χ3v) is 3.89. The molecule has 0 aromatic heterocycles. The van der Waals surface area contributed by atoms with Crippen LogP contribution in [0.2, 0.25) is 0 Å². The van der Waals surface area contributed by atoms with Crippen molar-refractivity contribution in [2.24, 2.45) is 11.8 Å². The number of rotatable bonds is 6. The van der Waals surface area contributed by atoms with Gasteiger partial charge in [0.2, 0.25) is 0 Å². The second-order valence-electron chi connectivity index (χ2n) is 5.33. The summed E-state index contributed by atoms with van der Waals surface area (Å²) in [6.45, 7) is 7.97. The molecule has 3 unspecified atom stereocenters. The quantitative estimate of drug-likeness (QED) is 0.574. The molecule has 0 aromatic rings. The predicted octanol–water partition coefficient (Wildman–Crippen LogP) is 2.74. The van der Waals surface area contributed by atoms with Crippen molar-refractivity contribution in [1.82, 2.24) is 5.32 Å². The van der Waals surface area contributed by atoms with Crippen molar-refractivity contribution in [1.29, 1.82) is 0 Å². The van der Waals surface area contributed by atoms with Gasteiger partial charge in [-0.05, 0) is 51.0 Å². The lowest BCUT2D eigenvalue weighted by atomic mass is 9.79. The Bertz CT molecular complexity index is 230. The van der Waals surface area contributed by atoms with Crippen LogP contribution >= 0.6 is 0 Å². The molecular formula is C14H27NO2. The second-order valence-corrected chi connectivity index (χ2v) is 5.33. The molecule has 0 aliphatic heterocycles. The Morgan fingerprint density at radius 2 is 2.06 bits per heavy atom. The molecule has 1 N–H and O–H groups in total. The van der Waals surface area contributed by atoms with Gasteiger partial charge in [0.05, 0.1) is 6.61 Å². The Labute approximate surface area is 105 Å². The van der Waals surface area contributed by atoms with Gasteiger partial charge in [-0.15, -0.1) is 0 Å². The highest BCUT2D eigenvalue weighted by Gasteiger charge is 2.23. The van der Waals surface area contributed by atoms with Crippen molar-refractivity contribution in [2.75, 3.05) is 13.2 Å². The number of nitrogens with one attached hydrogen (secondary N) is 1. The average Bonchev–Trinajstić information content (AvgIpc) is 2.29. The molecule has 100 valence electrons. The second kappa shape index (κ2) is 7.70. The maximum atomic E-state index is 11.1. The minimum Gasteiger partial charge on any atom is -0.466 e. The molecule has 0 bridgehead atoms. The number of ether oxygens (including phenoxy) is 1. The fourth-order valence-electron chi connectivity index (χ4n) is 2.51. The van der Waals surface area contributed by atoms with Gasteiger partial charge in [-0.3, -0.25) is 4.79 Å². The molecule has 0 amide bonds. The SMILES string of the molecule is CCOC(=O)CCCNC1CCC(C)C(C)C1. The van der Waals surface area contributed by atoms with E-state index in [0.717, 1.165) is 24.8 Å². The van der Waals surface area contributed by atoms with Crippen LogP contribution in [0.5, 0.6) is 0 Å². The molecule has 1 saturated carbocycles. The molecule has 1 fully saturated rings. The van der Waals surface area contributed by atoms with Crippen LogP contribution in [0.4, 0.5) is 0 Å². The van der Waals surface area contributed by atoms with E-state index in [1.165, 1.54) is 19.3 Å². The lowest BCUT2D eigenvalue weighted by Crippen LogP contribution is -2.36. The summed E-state index contributed by atoms with van der Waals surface area (Å²) in [6.07, 6.45) is 5.32. The molecule has 0 heterocycles. The zero-order valence-corrected chi connectivity index (χ0v) is 11.5. The van der Waals surface area contributed by atoms with E-state index in [-0.39, 0.29) is 5.97 Å². The third-order valence-electron chi connectivity index (χ3n) is 3.89. The first kappa shape index (κ1) is 14.5. The van der Waals surface area contributed by atoms with Crippen molar-refractivity contribution in [3.05, 3.63) is 0 Å². The highest BCUT2D eigenvalue weighted by molar-refractivity contribution is 5.69. The van der Waals surface area contributed by atoms with Crippen LogP contribution < -0.4 is 5.32 Å². The highest BCUT2D eigenvalue weighted by atomic mass is 16.5. The van der Waals surface area contributed by atoms with E-state index < -0.39 is 0 Å². The Kier molecular flexibility index (Phi) is 6.56. The summed E-state index contributed by atoms with van der Waals surface area (Å²) in [5.41, 5.74) is 0. The summed E-state index contributed by atoms with van der Waals surface area (Å²) in [6, 6.07) is 0.656. The molecule has 1 rings (SSSR count). The number of hydrogen-bond donors (Lipinski definition) is 1. The van der Waals surface area contributed by atoms with Gasteiger partial charge in [-0.1, -0.05) is 13.8 Å². The van der Waals surface area contributed by atoms with Gasteiger partial charge in [0.25, 0.3) is 0 Å². The molecule has 0 spiro atoms. The lowest BCUT2D eigenvalue weighted by molar-refractivity contribution is -0.143. The normalized spacial score (nSPS) is 29.0. The Hall–Kier alpha value is -0.570. The predicted molar refractivity (Wildman–Crippen MR) is 69.8 cm³/mol. The van der Waals surface area contributed by atoms with E-state index in [1.54, 1.807) is 0 Å². The Morgan fingerprint density at radius 1 is 1.29 bits per heavy atom. The van der Waals surface area contributed by atoms with Crippen molar-refractivity contribution < 1.29 is 9.53 Å². The van der Waals surface area contributed by atoms with E-state index in [0.29, 0.717) is 19.1 Å². The van der Waals surface area contributed by atoms with Gasteiger partial charge in [0.15, 0.2) is 0 Å². The van der Waals surface area contributed by atoms with E-state index in [4.69, 9.17) is 4.74 Å². The molecule has 1 aliphatic carbocycles. The zero-order valence-electron chi connectivity index (χ0n) is 11.5. The largest absolute Gasteiger partial charge is 0.466 e. The van der Waals surface area contributed by atoms with E-state index >= 15 is 0 Å². The number of hydrogen-bond acceptors (Lipinski definition) is 3. The molecule has 0 radical (unpaired) electrons. The molecule has 3 nitrogen and oxygen atoms in total. The topological polar surface area (TPSA) is 38.3 Å². The fraction of sp³-hybridized carbons (Fsp3) is 0.929. The summed E-state index contributed by atoms with van der Waals surface area (Å²) >= 11 is 0. The van der Waals surface area contributed by atoms with Gasteiger partial charge in [-0.2, -0.15) is 0 Å². The van der Waals surface area contributed by atoms with Crippen molar-refractivity contribution in [3.8, 4) is 0 Å². The summed E-state index contributed by atoms with van der Waals surface area (Å²) in [5.74, 6) is 1.62. The first-order valence-corrected chi connectivity index (χ1v) is 7.02. The Balaban J connectivity index is 2.05. The maximum Gasteiger partial charge on any atom is 0.305 e. The molecule has 3 heteroatoms. The molecule has 0 saturated heterocycles. The zero-order chi connectivity index (χ0) is 12.7. The van der Waals surface area contributed by atoms with Crippen LogP contribution in [-0.2, 0) is 9.53 Å². The summed E-state index contributed by atoms with van der Waals surface area (Å²) in [7, 11) is 0. The van der Waals surface area contributed by atoms with Crippen molar-refractivity contribution in [2.45, 2.75) is 58.9 Å². The van der Waals surface area contributed by atoms with Crippen LogP contribution in [-0.4, -0.2) is 25.2 Å². The van der Waals surface area contributed by atoms with Crippen LogP contribution in [0.1, 0.15) is 52.9 Å². The average molecular weight is 241 g/mol. The monoisotopic (exact) mass is 241 g/mol. The first-order valence-electron chi connectivity index (χ1n) is 7.02. The molecule has 0 aromatic carbocycles. The number of carbonyl (C=O) groups excluding carboxylic acids is 1. The lowest BCUT2D eigenvalue weighted by Gasteiger charge is -2.32. The number of carbonyl (C=O) groups is 1. The molecule has 3 atom stereocenters. The summed E-state index contributed by atoms with van der Waals surface area (Å²) < 4.78 is 4.90.